The molecule has 0 atom stereocenters. The number of aliphatic hydroxyl groups is 1. The number of amides is 1. The first-order chi connectivity index (χ1) is 8.50. The molecule has 10 heteroatoms. The highest BCUT2D eigenvalue weighted by Gasteiger charge is 2.29. The summed E-state index contributed by atoms with van der Waals surface area (Å²) < 4.78 is 46.0. The summed E-state index contributed by atoms with van der Waals surface area (Å²) in [4.78, 5) is 12.3. The van der Waals surface area contributed by atoms with Crippen molar-refractivity contribution in [3.8, 4) is 0 Å². The lowest BCUT2D eigenvalue weighted by Gasteiger charge is -2.09. The Bertz CT molecular complexity index is 698. The van der Waals surface area contributed by atoms with Gasteiger partial charge in [-0.25, -0.2) is 16.8 Å². The molecule has 1 N–H and O–H groups in total. The van der Waals surface area contributed by atoms with Gasteiger partial charge in [0, 0.05) is 20.4 Å². The first-order valence-electron chi connectivity index (χ1n) is 4.90. The average molecular weight is 327 g/mol. The van der Waals surface area contributed by atoms with E-state index in [1.165, 1.54) is 14.1 Å². The molecule has 1 amide bonds. The molecule has 0 bridgehead atoms. The summed E-state index contributed by atoms with van der Waals surface area (Å²) in [6.45, 7) is 0. The molecule has 1 aromatic heterocycles. The topological polar surface area (TPSA) is 109 Å². The molecule has 0 radical (unpaired) electrons. The quantitative estimate of drug-likeness (QED) is 0.804. The molecule has 0 aromatic carbocycles. The molecule has 1 aromatic rings. The van der Waals surface area contributed by atoms with Crippen LogP contribution in [0.1, 0.15) is 9.67 Å². The van der Waals surface area contributed by atoms with Crippen LogP contribution < -0.4 is 0 Å². The Labute approximate surface area is 115 Å². The van der Waals surface area contributed by atoms with Crippen LogP contribution in [0.2, 0.25) is 0 Å². The molecule has 0 aliphatic carbocycles. The van der Waals surface area contributed by atoms with Gasteiger partial charge in [0.15, 0.2) is 9.84 Å². The molecule has 0 aliphatic rings. The predicted octanol–water partition coefficient (Wildman–Crippen LogP) is -0.423. The molecule has 108 valence electrons. The maximum atomic E-state index is 11.9. The van der Waals surface area contributed by atoms with Crippen molar-refractivity contribution in [3.05, 3.63) is 10.9 Å². The van der Waals surface area contributed by atoms with Crippen molar-refractivity contribution in [1.82, 2.24) is 4.90 Å². The lowest BCUT2D eigenvalue weighted by Crippen LogP contribution is -2.22. The van der Waals surface area contributed by atoms with Crippen LogP contribution in [0.4, 0.5) is 0 Å². The van der Waals surface area contributed by atoms with Gasteiger partial charge in [-0.1, -0.05) is 0 Å². The number of carbonyl (C=O) groups excluding carboxylic acids is 1. The minimum absolute atomic E-state index is 0.223. The molecule has 0 saturated heterocycles. The Balaban J connectivity index is 3.62. The highest BCUT2D eigenvalue weighted by atomic mass is 32.2. The Kier molecular flexibility index (Phi) is 4.40. The maximum Gasteiger partial charge on any atom is 0.264 e. The molecule has 0 saturated carbocycles. The average Bonchev–Trinajstić information content (AvgIpc) is 2.72. The van der Waals surface area contributed by atoms with Crippen LogP contribution >= 0.6 is 11.3 Å². The highest BCUT2D eigenvalue weighted by Crippen LogP contribution is 2.31. The fraction of sp³-hybridized carbons (Fsp3) is 0.444. The largest absolute Gasteiger partial charge is 0.380 e. The molecule has 1 rings (SSSR count). The third kappa shape index (κ3) is 3.32. The van der Waals surface area contributed by atoms with Crippen molar-refractivity contribution in [1.29, 1.82) is 0 Å². The van der Waals surface area contributed by atoms with Gasteiger partial charge < -0.3 is 10.0 Å². The summed E-state index contributed by atoms with van der Waals surface area (Å²) in [7, 11) is -4.89. The van der Waals surface area contributed by atoms with Crippen molar-refractivity contribution < 1.29 is 26.7 Å². The third-order valence-electron chi connectivity index (χ3n) is 2.15. The van der Waals surface area contributed by atoms with Crippen LogP contribution in [0.25, 0.3) is 0 Å². The van der Waals surface area contributed by atoms with E-state index < -0.39 is 36.4 Å². The van der Waals surface area contributed by atoms with E-state index in [4.69, 9.17) is 5.11 Å². The molecule has 0 fully saturated rings. The van der Waals surface area contributed by atoms with Crippen LogP contribution in [0.15, 0.2) is 15.2 Å². The smallest absolute Gasteiger partial charge is 0.264 e. The molecular weight excluding hydrogens is 314 g/mol. The first kappa shape index (κ1) is 16.1. The number of carbonyl (C=O) groups is 1. The van der Waals surface area contributed by atoms with Gasteiger partial charge >= 0.3 is 0 Å². The van der Waals surface area contributed by atoms with Crippen LogP contribution in [0.3, 0.4) is 0 Å². The van der Waals surface area contributed by atoms with Crippen LogP contribution in [-0.4, -0.2) is 59.0 Å². The second-order valence-corrected chi connectivity index (χ2v) is 9.20. The van der Waals surface area contributed by atoms with Gasteiger partial charge in [0.2, 0.25) is 9.84 Å². The zero-order valence-corrected chi connectivity index (χ0v) is 12.9. The van der Waals surface area contributed by atoms with E-state index in [1.807, 2.05) is 0 Å². The number of hydrogen-bond acceptors (Lipinski definition) is 7. The van der Waals surface area contributed by atoms with Crippen molar-refractivity contribution in [2.75, 3.05) is 26.3 Å². The number of hydrogen-bond donors (Lipinski definition) is 1. The van der Waals surface area contributed by atoms with Crippen molar-refractivity contribution in [2.24, 2.45) is 0 Å². The summed E-state index contributed by atoms with van der Waals surface area (Å²) in [5.74, 6) is -1.83. The number of sulfone groups is 2. The summed E-state index contributed by atoms with van der Waals surface area (Å²) >= 11 is 0.576. The maximum absolute atomic E-state index is 11.9. The first-order valence-corrected chi connectivity index (χ1v) is 9.26. The van der Waals surface area contributed by atoms with Crippen molar-refractivity contribution in [2.45, 2.75) is 9.10 Å². The Morgan fingerprint density at radius 1 is 1.32 bits per heavy atom. The minimum atomic E-state index is -4.09. The van der Waals surface area contributed by atoms with E-state index in [9.17, 15) is 21.6 Å². The molecule has 1 heterocycles. The molecule has 0 unspecified atom stereocenters. The van der Waals surface area contributed by atoms with Gasteiger partial charge in [-0.2, -0.15) is 0 Å². The lowest BCUT2D eigenvalue weighted by atomic mass is 10.4. The van der Waals surface area contributed by atoms with Crippen molar-refractivity contribution in [3.63, 3.8) is 0 Å². The number of rotatable bonds is 4. The third-order valence-corrected chi connectivity index (χ3v) is 6.53. The van der Waals surface area contributed by atoms with Gasteiger partial charge in [-0.15, -0.1) is 11.3 Å². The molecular formula is C9H13NO6S3. The second kappa shape index (κ2) is 5.19. The predicted molar refractivity (Wildman–Crippen MR) is 69.7 cm³/mol. The van der Waals surface area contributed by atoms with E-state index in [2.05, 4.69) is 0 Å². The zero-order valence-electron chi connectivity index (χ0n) is 10.4. The summed E-state index contributed by atoms with van der Waals surface area (Å²) in [5, 5.41) is 8.85. The standard InChI is InChI=1S/C9H13NO6S3/c1-10(2)9(12)8-6(19(15,16)5-11)4-7(17-8)18(3,13)14/h4,11H,5H2,1-3H3. The second-order valence-electron chi connectivity index (χ2n) is 3.97. The molecule has 7 nitrogen and oxygen atoms in total. The van der Waals surface area contributed by atoms with Crippen LogP contribution in [0.5, 0.6) is 0 Å². The summed E-state index contributed by atoms with van der Waals surface area (Å²) in [6, 6.07) is 0.905. The van der Waals surface area contributed by atoms with Crippen LogP contribution in [0, 0.1) is 0 Å². The normalized spacial score (nSPS) is 12.4. The number of aliphatic hydroxyl groups excluding tert-OH is 1. The van der Waals surface area contributed by atoms with Gasteiger partial charge in [0.25, 0.3) is 5.91 Å². The zero-order chi connectivity index (χ0) is 15.0. The summed E-state index contributed by atoms with van der Waals surface area (Å²) in [5.41, 5.74) is 0. The Morgan fingerprint density at radius 3 is 2.21 bits per heavy atom. The van der Waals surface area contributed by atoms with E-state index >= 15 is 0 Å². The van der Waals surface area contributed by atoms with Crippen molar-refractivity contribution >= 4 is 36.9 Å². The van der Waals surface area contributed by atoms with E-state index in [0.717, 1.165) is 17.2 Å². The lowest BCUT2D eigenvalue weighted by molar-refractivity contribution is 0.0829. The summed E-state index contributed by atoms with van der Waals surface area (Å²) in [6.07, 6.45) is 0.915. The van der Waals surface area contributed by atoms with Gasteiger partial charge in [-0.3, -0.25) is 4.79 Å². The molecule has 0 spiro atoms. The van der Waals surface area contributed by atoms with E-state index in [-0.39, 0.29) is 9.09 Å². The minimum Gasteiger partial charge on any atom is -0.380 e. The van der Waals surface area contributed by atoms with Crippen LogP contribution in [-0.2, 0) is 19.7 Å². The SMILES string of the molecule is CN(C)C(=O)c1sc(S(C)(=O)=O)cc1S(=O)(=O)CO. The fourth-order valence-electron chi connectivity index (χ4n) is 1.19. The van der Waals surface area contributed by atoms with E-state index in [1.54, 1.807) is 0 Å². The Morgan fingerprint density at radius 2 is 1.84 bits per heavy atom. The van der Waals surface area contributed by atoms with Gasteiger partial charge in [0.1, 0.15) is 15.0 Å². The number of thiophene rings is 1. The van der Waals surface area contributed by atoms with E-state index in [0.29, 0.717) is 11.3 Å². The Hall–Kier alpha value is -0.970. The van der Waals surface area contributed by atoms with Gasteiger partial charge in [0.05, 0.1) is 4.90 Å². The fourth-order valence-corrected chi connectivity index (χ4v) is 4.64. The molecule has 19 heavy (non-hydrogen) atoms. The number of nitrogens with zero attached hydrogens (tertiary/aromatic N) is 1. The monoisotopic (exact) mass is 327 g/mol. The van der Waals surface area contributed by atoms with Gasteiger partial charge in [-0.05, 0) is 6.07 Å². The molecule has 0 aliphatic heterocycles. The highest BCUT2D eigenvalue weighted by molar-refractivity contribution is 7.93.